The average Bonchev–Trinajstić information content (AvgIpc) is 2.57. The van der Waals surface area contributed by atoms with Crippen LogP contribution in [0.5, 0.6) is 0 Å². The molecule has 0 aromatic heterocycles. The number of nitrogens with two attached hydrogens (primary N) is 1. The van der Waals surface area contributed by atoms with E-state index in [2.05, 4.69) is 5.32 Å². The molecule has 1 aromatic rings. The van der Waals surface area contributed by atoms with Gasteiger partial charge in [-0.3, -0.25) is 9.59 Å². The largest absolute Gasteiger partial charge is 0.344 e. The Kier molecular flexibility index (Phi) is 7.07. The van der Waals surface area contributed by atoms with Gasteiger partial charge in [-0.15, -0.1) is 0 Å². The summed E-state index contributed by atoms with van der Waals surface area (Å²) < 4.78 is 0. The van der Waals surface area contributed by atoms with Crippen LogP contribution in [-0.2, 0) is 9.59 Å². The van der Waals surface area contributed by atoms with Crippen LogP contribution in [0.1, 0.15) is 44.9 Å². The summed E-state index contributed by atoms with van der Waals surface area (Å²) in [6.45, 7) is 1.42. The highest BCUT2D eigenvalue weighted by atomic mass is 16.2. The van der Waals surface area contributed by atoms with E-state index < -0.39 is 0 Å². The summed E-state index contributed by atoms with van der Waals surface area (Å²) in [6, 6.07) is 9.25. The summed E-state index contributed by atoms with van der Waals surface area (Å²) in [6.07, 6.45) is 6.06. The zero-order valence-corrected chi connectivity index (χ0v) is 13.7. The number of carbonyl (C=O) groups is 2. The van der Waals surface area contributed by atoms with Crippen LogP contribution < -0.4 is 16.0 Å². The molecule has 1 saturated heterocycles. The number of amides is 2. The molecular formula is C18H27N3O2. The van der Waals surface area contributed by atoms with Crippen molar-refractivity contribution in [1.29, 1.82) is 0 Å². The first-order chi connectivity index (χ1) is 11.2. The van der Waals surface area contributed by atoms with Gasteiger partial charge in [0.15, 0.2) is 0 Å². The topological polar surface area (TPSA) is 75.4 Å². The second kappa shape index (κ2) is 9.30. The highest BCUT2D eigenvalue weighted by molar-refractivity contribution is 5.99. The molecule has 0 radical (unpaired) electrons. The summed E-state index contributed by atoms with van der Waals surface area (Å²) in [5.41, 5.74) is 6.35. The lowest BCUT2D eigenvalue weighted by Crippen LogP contribution is -2.52. The number of benzene rings is 1. The van der Waals surface area contributed by atoms with Crippen LogP contribution >= 0.6 is 0 Å². The molecule has 1 aliphatic rings. The van der Waals surface area contributed by atoms with E-state index in [0.717, 1.165) is 44.2 Å². The van der Waals surface area contributed by atoms with Gasteiger partial charge in [0.25, 0.3) is 0 Å². The maximum atomic E-state index is 12.6. The highest BCUT2D eigenvalue weighted by Gasteiger charge is 2.30. The van der Waals surface area contributed by atoms with E-state index in [9.17, 15) is 9.59 Å². The molecule has 1 fully saturated rings. The molecule has 1 aliphatic heterocycles. The first-order valence-corrected chi connectivity index (χ1v) is 8.58. The number of piperidine rings is 1. The molecule has 3 N–H and O–H groups in total. The Bertz CT molecular complexity index is 504. The van der Waals surface area contributed by atoms with Crippen molar-refractivity contribution >= 4 is 17.5 Å². The number of hydrogen-bond acceptors (Lipinski definition) is 3. The van der Waals surface area contributed by atoms with Crippen molar-refractivity contribution in [1.82, 2.24) is 5.32 Å². The molecule has 0 saturated carbocycles. The molecule has 1 unspecified atom stereocenters. The molecule has 5 nitrogen and oxygen atoms in total. The van der Waals surface area contributed by atoms with Gasteiger partial charge in [-0.2, -0.15) is 0 Å². The van der Waals surface area contributed by atoms with Crippen molar-refractivity contribution in [2.24, 2.45) is 5.73 Å². The first kappa shape index (κ1) is 17.5. The Morgan fingerprint density at radius 3 is 2.65 bits per heavy atom. The van der Waals surface area contributed by atoms with Crippen LogP contribution in [0.25, 0.3) is 0 Å². The van der Waals surface area contributed by atoms with E-state index in [0.29, 0.717) is 19.5 Å². The third kappa shape index (κ3) is 5.36. The average molecular weight is 317 g/mol. The molecule has 2 amide bonds. The highest BCUT2D eigenvalue weighted by Crippen LogP contribution is 2.20. The van der Waals surface area contributed by atoms with Gasteiger partial charge in [-0.1, -0.05) is 31.0 Å². The van der Waals surface area contributed by atoms with Crippen molar-refractivity contribution in [2.75, 3.05) is 18.0 Å². The molecule has 1 aromatic carbocycles. The van der Waals surface area contributed by atoms with Gasteiger partial charge in [0, 0.05) is 18.7 Å². The second-order valence-electron chi connectivity index (χ2n) is 6.04. The Morgan fingerprint density at radius 1 is 1.17 bits per heavy atom. The Labute approximate surface area is 138 Å². The lowest BCUT2D eigenvalue weighted by atomic mass is 10.0. The SMILES string of the molecule is NCCCCCCC(=O)NC1CCCN(c2ccccc2)C1=O. The standard InChI is InChI=1S/C18H27N3O2/c19-13-7-2-1-6-12-17(22)20-16-11-8-14-21(18(16)23)15-9-4-3-5-10-15/h3-5,9-10,16H,1-2,6-8,11-14,19H2,(H,20,22). The number of unbranched alkanes of at least 4 members (excludes halogenated alkanes) is 3. The zero-order valence-electron chi connectivity index (χ0n) is 13.7. The zero-order chi connectivity index (χ0) is 16.5. The summed E-state index contributed by atoms with van der Waals surface area (Å²) in [4.78, 5) is 26.4. The molecule has 0 spiro atoms. The Balaban J connectivity index is 1.80. The van der Waals surface area contributed by atoms with Crippen molar-refractivity contribution in [3.63, 3.8) is 0 Å². The fourth-order valence-electron chi connectivity index (χ4n) is 2.92. The molecule has 0 aliphatic carbocycles. The molecule has 2 rings (SSSR count). The van der Waals surface area contributed by atoms with E-state index in [1.54, 1.807) is 4.90 Å². The lowest BCUT2D eigenvalue weighted by Gasteiger charge is -2.32. The minimum absolute atomic E-state index is 0.000989. The number of carbonyl (C=O) groups excluding carboxylic acids is 2. The minimum atomic E-state index is -0.388. The monoisotopic (exact) mass is 317 g/mol. The van der Waals surface area contributed by atoms with E-state index in [-0.39, 0.29) is 17.9 Å². The number of hydrogen-bond donors (Lipinski definition) is 2. The van der Waals surface area contributed by atoms with Crippen LogP contribution in [-0.4, -0.2) is 30.9 Å². The normalized spacial score (nSPS) is 18.0. The number of para-hydroxylation sites is 1. The number of anilines is 1. The van der Waals surface area contributed by atoms with E-state index in [4.69, 9.17) is 5.73 Å². The van der Waals surface area contributed by atoms with Gasteiger partial charge >= 0.3 is 0 Å². The maximum Gasteiger partial charge on any atom is 0.249 e. The summed E-state index contributed by atoms with van der Waals surface area (Å²) in [7, 11) is 0. The Morgan fingerprint density at radius 2 is 1.91 bits per heavy atom. The molecular weight excluding hydrogens is 290 g/mol. The smallest absolute Gasteiger partial charge is 0.249 e. The Hall–Kier alpha value is -1.88. The van der Waals surface area contributed by atoms with Crippen molar-refractivity contribution < 1.29 is 9.59 Å². The van der Waals surface area contributed by atoms with E-state index >= 15 is 0 Å². The minimum Gasteiger partial charge on any atom is -0.344 e. The summed E-state index contributed by atoms with van der Waals surface area (Å²) in [5, 5.41) is 2.90. The van der Waals surface area contributed by atoms with E-state index in [1.807, 2.05) is 30.3 Å². The molecule has 126 valence electrons. The molecule has 1 atom stereocenters. The van der Waals surface area contributed by atoms with E-state index in [1.165, 1.54) is 0 Å². The van der Waals surface area contributed by atoms with Crippen LogP contribution in [0.3, 0.4) is 0 Å². The third-order valence-corrected chi connectivity index (χ3v) is 4.20. The predicted molar refractivity (Wildman–Crippen MR) is 92.1 cm³/mol. The number of nitrogens with one attached hydrogen (secondary N) is 1. The van der Waals surface area contributed by atoms with Crippen LogP contribution in [0, 0.1) is 0 Å². The quantitative estimate of drug-likeness (QED) is 0.722. The molecule has 23 heavy (non-hydrogen) atoms. The van der Waals surface area contributed by atoms with Crippen molar-refractivity contribution in [2.45, 2.75) is 51.0 Å². The molecule has 5 heteroatoms. The first-order valence-electron chi connectivity index (χ1n) is 8.58. The third-order valence-electron chi connectivity index (χ3n) is 4.20. The van der Waals surface area contributed by atoms with Gasteiger partial charge in [0.1, 0.15) is 6.04 Å². The number of nitrogens with zero attached hydrogens (tertiary/aromatic N) is 1. The fourth-order valence-corrected chi connectivity index (χ4v) is 2.92. The second-order valence-corrected chi connectivity index (χ2v) is 6.04. The van der Waals surface area contributed by atoms with Gasteiger partial charge < -0.3 is 16.0 Å². The fraction of sp³-hybridized carbons (Fsp3) is 0.556. The van der Waals surface area contributed by atoms with Crippen molar-refractivity contribution in [3.8, 4) is 0 Å². The van der Waals surface area contributed by atoms with Gasteiger partial charge in [0.2, 0.25) is 11.8 Å². The van der Waals surface area contributed by atoms with Crippen LogP contribution in [0.4, 0.5) is 5.69 Å². The van der Waals surface area contributed by atoms with Crippen molar-refractivity contribution in [3.05, 3.63) is 30.3 Å². The molecule has 1 heterocycles. The molecule has 0 bridgehead atoms. The predicted octanol–water partition coefficient (Wildman–Crippen LogP) is 2.21. The number of rotatable bonds is 8. The van der Waals surface area contributed by atoms with Gasteiger partial charge in [-0.25, -0.2) is 0 Å². The maximum absolute atomic E-state index is 12.6. The summed E-state index contributed by atoms with van der Waals surface area (Å²) in [5.74, 6) is -0.0232. The van der Waals surface area contributed by atoms with Crippen LogP contribution in [0.15, 0.2) is 30.3 Å². The van der Waals surface area contributed by atoms with Gasteiger partial charge in [0.05, 0.1) is 0 Å². The summed E-state index contributed by atoms with van der Waals surface area (Å²) >= 11 is 0. The lowest BCUT2D eigenvalue weighted by molar-refractivity contribution is -0.128. The van der Waals surface area contributed by atoms with Crippen LogP contribution in [0.2, 0.25) is 0 Å². The van der Waals surface area contributed by atoms with Gasteiger partial charge in [-0.05, 0) is 44.4 Å².